The predicted molar refractivity (Wildman–Crippen MR) is 52.0 cm³/mol. The zero-order valence-electron chi connectivity index (χ0n) is 8.13. The van der Waals surface area contributed by atoms with Crippen LogP contribution in [0, 0.1) is 11.6 Å². The largest absolute Gasteiger partial charge is 0.397 e. The first-order valence-corrected chi connectivity index (χ1v) is 4.15. The van der Waals surface area contributed by atoms with Crippen LogP contribution >= 0.6 is 0 Å². The second-order valence-electron chi connectivity index (χ2n) is 2.78. The minimum atomic E-state index is -0.748. The van der Waals surface area contributed by atoms with E-state index in [0.29, 0.717) is 0 Å². The average molecular weight is 215 g/mol. The Morgan fingerprint density at radius 3 is 2.33 bits per heavy atom. The van der Waals surface area contributed by atoms with Crippen molar-refractivity contribution in [1.29, 1.82) is 0 Å². The number of nitrogens with two attached hydrogens (primary N) is 2. The van der Waals surface area contributed by atoms with E-state index in [4.69, 9.17) is 11.5 Å². The standard InChI is InChI=1S/C9H11F2N3O/c1-15-14-9(13)5-2-7(10)6(4-12)8(11)3-5/h2-3H,4,12H2,1H3,(H2,13,14). The number of amidine groups is 1. The summed E-state index contributed by atoms with van der Waals surface area (Å²) in [5.74, 6) is -1.60. The molecule has 0 unspecified atom stereocenters. The summed E-state index contributed by atoms with van der Waals surface area (Å²) in [5.41, 5.74) is 10.5. The summed E-state index contributed by atoms with van der Waals surface area (Å²) in [5, 5.41) is 3.36. The van der Waals surface area contributed by atoms with E-state index in [-0.39, 0.29) is 23.5 Å². The molecule has 0 amide bonds. The van der Waals surface area contributed by atoms with Gasteiger partial charge in [-0.3, -0.25) is 0 Å². The molecule has 0 saturated heterocycles. The Bertz CT molecular complexity index is 370. The maximum absolute atomic E-state index is 13.2. The van der Waals surface area contributed by atoms with Crippen molar-refractivity contribution < 1.29 is 13.6 Å². The van der Waals surface area contributed by atoms with E-state index in [1.165, 1.54) is 7.11 Å². The fourth-order valence-corrected chi connectivity index (χ4v) is 1.10. The molecule has 82 valence electrons. The van der Waals surface area contributed by atoms with E-state index in [9.17, 15) is 8.78 Å². The zero-order valence-corrected chi connectivity index (χ0v) is 8.13. The third-order valence-corrected chi connectivity index (χ3v) is 1.83. The van der Waals surface area contributed by atoms with Gasteiger partial charge in [-0.2, -0.15) is 0 Å². The molecule has 4 nitrogen and oxygen atoms in total. The van der Waals surface area contributed by atoms with Crippen molar-refractivity contribution in [2.45, 2.75) is 6.54 Å². The number of nitrogens with zero attached hydrogens (tertiary/aromatic N) is 1. The van der Waals surface area contributed by atoms with Crippen LogP contribution in [-0.2, 0) is 11.4 Å². The maximum atomic E-state index is 13.2. The quantitative estimate of drug-likeness (QED) is 0.442. The highest BCUT2D eigenvalue weighted by Gasteiger charge is 2.11. The smallest absolute Gasteiger partial charge is 0.170 e. The molecular weight excluding hydrogens is 204 g/mol. The molecule has 0 aliphatic carbocycles. The number of halogens is 2. The van der Waals surface area contributed by atoms with Crippen LogP contribution in [0.3, 0.4) is 0 Å². The number of hydrogen-bond donors (Lipinski definition) is 2. The third-order valence-electron chi connectivity index (χ3n) is 1.83. The second-order valence-corrected chi connectivity index (χ2v) is 2.78. The zero-order chi connectivity index (χ0) is 11.4. The van der Waals surface area contributed by atoms with Crippen molar-refractivity contribution in [1.82, 2.24) is 0 Å². The fraction of sp³-hybridized carbons (Fsp3) is 0.222. The molecule has 4 N–H and O–H groups in total. The molecule has 1 aromatic rings. The lowest BCUT2D eigenvalue weighted by Crippen LogP contribution is -2.15. The summed E-state index contributed by atoms with van der Waals surface area (Å²) in [6.07, 6.45) is 0. The summed E-state index contributed by atoms with van der Waals surface area (Å²) >= 11 is 0. The number of oxime groups is 1. The summed E-state index contributed by atoms with van der Waals surface area (Å²) < 4.78 is 26.5. The Morgan fingerprint density at radius 2 is 1.93 bits per heavy atom. The summed E-state index contributed by atoms with van der Waals surface area (Å²) in [6.45, 7) is -0.209. The van der Waals surface area contributed by atoms with Crippen molar-refractivity contribution >= 4 is 5.84 Å². The minimum absolute atomic E-state index is 0.0983. The molecule has 0 spiro atoms. The van der Waals surface area contributed by atoms with E-state index in [1.807, 2.05) is 0 Å². The number of hydrogen-bond acceptors (Lipinski definition) is 3. The highest BCUT2D eigenvalue weighted by Crippen LogP contribution is 2.14. The van der Waals surface area contributed by atoms with Gasteiger partial charge in [-0.25, -0.2) is 8.78 Å². The SMILES string of the molecule is CO/N=C(\N)c1cc(F)c(CN)c(F)c1. The van der Waals surface area contributed by atoms with E-state index >= 15 is 0 Å². The highest BCUT2D eigenvalue weighted by atomic mass is 19.1. The van der Waals surface area contributed by atoms with Gasteiger partial charge in [0, 0.05) is 17.7 Å². The molecule has 0 radical (unpaired) electrons. The lowest BCUT2D eigenvalue weighted by Gasteiger charge is -2.05. The van der Waals surface area contributed by atoms with Crippen LogP contribution in [0.1, 0.15) is 11.1 Å². The van der Waals surface area contributed by atoms with E-state index in [2.05, 4.69) is 9.99 Å². The van der Waals surface area contributed by atoms with Gasteiger partial charge in [-0.05, 0) is 12.1 Å². The first-order valence-electron chi connectivity index (χ1n) is 4.15. The van der Waals surface area contributed by atoms with Crippen LogP contribution in [0.25, 0.3) is 0 Å². The molecule has 0 fully saturated rings. The molecule has 0 bridgehead atoms. The van der Waals surface area contributed by atoms with Gasteiger partial charge in [0.1, 0.15) is 18.7 Å². The van der Waals surface area contributed by atoms with Gasteiger partial charge in [0.2, 0.25) is 0 Å². The predicted octanol–water partition coefficient (Wildman–Crippen LogP) is 0.690. The van der Waals surface area contributed by atoms with Crippen LogP contribution in [0.5, 0.6) is 0 Å². The maximum Gasteiger partial charge on any atom is 0.170 e. The lowest BCUT2D eigenvalue weighted by atomic mass is 10.1. The third kappa shape index (κ3) is 2.41. The highest BCUT2D eigenvalue weighted by molar-refractivity contribution is 5.97. The molecule has 0 aromatic heterocycles. The van der Waals surface area contributed by atoms with Gasteiger partial charge in [-0.1, -0.05) is 5.16 Å². The monoisotopic (exact) mass is 215 g/mol. The van der Waals surface area contributed by atoms with Crippen molar-refractivity contribution in [2.24, 2.45) is 16.6 Å². The Labute approximate surface area is 85.5 Å². The van der Waals surface area contributed by atoms with Crippen LogP contribution in [0.15, 0.2) is 17.3 Å². The van der Waals surface area contributed by atoms with Crippen molar-refractivity contribution in [3.8, 4) is 0 Å². The van der Waals surface area contributed by atoms with Gasteiger partial charge >= 0.3 is 0 Å². The van der Waals surface area contributed by atoms with Crippen LogP contribution in [0.4, 0.5) is 8.78 Å². The number of benzene rings is 1. The van der Waals surface area contributed by atoms with E-state index in [1.54, 1.807) is 0 Å². The summed E-state index contributed by atoms with van der Waals surface area (Å²) in [7, 11) is 1.29. The molecule has 0 atom stereocenters. The van der Waals surface area contributed by atoms with Crippen LogP contribution in [-0.4, -0.2) is 12.9 Å². The van der Waals surface area contributed by atoms with Gasteiger partial charge in [0.25, 0.3) is 0 Å². The van der Waals surface area contributed by atoms with Gasteiger partial charge in [0.05, 0.1) is 0 Å². The Kier molecular flexibility index (Phi) is 3.56. The average Bonchev–Trinajstić information content (AvgIpc) is 2.17. The van der Waals surface area contributed by atoms with Crippen LogP contribution in [0.2, 0.25) is 0 Å². The molecule has 0 saturated carbocycles. The van der Waals surface area contributed by atoms with Crippen molar-refractivity contribution in [2.75, 3.05) is 7.11 Å². The molecule has 0 aliphatic rings. The molecule has 15 heavy (non-hydrogen) atoms. The Morgan fingerprint density at radius 1 is 1.40 bits per heavy atom. The Hall–Kier alpha value is -1.69. The molecule has 1 aromatic carbocycles. The Balaban J connectivity index is 3.20. The summed E-state index contributed by atoms with van der Waals surface area (Å²) in [6, 6.07) is 2.12. The van der Waals surface area contributed by atoms with Gasteiger partial charge < -0.3 is 16.3 Å². The second kappa shape index (κ2) is 4.70. The molecule has 0 aliphatic heterocycles. The topological polar surface area (TPSA) is 73.6 Å². The normalized spacial score (nSPS) is 11.6. The minimum Gasteiger partial charge on any atom is -0.397 e. The van der Waals surface area contributed by atoms with Crippen molar-refractivity contribution in [3.05, 3.63) is 34.9 Å². The van der Waals surface area contributed by atoms with E-state index in [0.717, 1.165) is 12.1 Å². The van der Waals surface area contributed by atoms with Gasteiger partial charge in [0.15, 0.2) is 5.84 Å². The first-order chi connectivity index (χ1) is 7.10. The molecule has 1 rings (SSSR count). The van der Waals surface area contributed by atoms with Gasteiger partial charge in [-0.15, -0.1) is 0 Å². The number of rotatable bonds is 3. The van der Waals surface area contributed by atoms with Crippen molar-refractivity contribution in [3.63, 3.8) is 0 Å². The fourth-order valence-electron chi connectivity index (χ4n) is 1.10. The van der Waals surface area contributed by atoms with Crippen LogP contribution < -0.4 is 11.5 Å². The molecule has 0 heterocycles. The summed E-state index contributed by atoms with van der Waals surface area (Å²) in [4.78, 5) is 4.39. The first kappa shape index (κ1) is 11.4. The molecular formula is C9H11F2N3O. The lowest BCUT2D eigenvalue weighted by molar-refractivity contribution is 0.213. The molecule has 6 heteroatoms. The van der Waals surface area contributed by atoms with E-state index < -0.39 is 11.6 Å².